The lowest BCUT2D eigenvalue weighted by Gasteiger charge is -2.09. The highest BCUT2D eigenvalue weighted by Gasteiger charge is 2.11. The van der Waals surface area contributed by atoms with Crippen LogP contribution < -0.4 is 15.5 Å². The Morgan fingerprint density at radius 1 is 0.871 bits per heavy atom. The van der Waals surface area contributed by atoms with Crippen LogP contribution in [0.4, 0.5) is 4.39 Å². The molecule has 0 spiro atoms. The van der Waals surface area contributed by atoms with Gasteiger partial charge in [-0.05, 0) is 41.8 Å². The zero-order valence-electron chi connectivity index (χ0n) is 16.8. The molecule has 0 saturated heterocycles. The van der Waals surface area contributed by atoms with Crippen LogP contribution in [0, 0.1) is 5.82 Å². The van der Waals surface area contributed by atoms with E-state index >= 15 is 0 Å². The van der Waals surface area contributed by atoms with Crippen LogP contribution in [-0.2, 0) is 22.6 Å². The summed E-state index contributed by atoms with van der Waals surface area (Å²) in [6.07, 6.45) is 2.02. The lowest BCUT2D eigenvalue weighted by atomic mass is 10.1. The first-order chi connectivity index (χ1) is 15.1. The van der Waals surface area contributed by atoms with Crippen molar-refractivity contribution in [1.29, 1.82) is 0 Å². The van der Waals surface area contributed by atoms with Gasteiger partial charge < -0.3 is 10.1 Å². The number of hydrogen-bond donors (Lipinski definition) is 2. The van der Waals surface area contributed by atoms with E-state index in [9.17, 15) is 14.0 Å². The second kappa shape index (κ2) is 11.3. The molecular formula is C24H22FN3O3. The van der Waals surface area contributed by atoms with Crippen LogP contribution in [0.3, 0.4) is 0 Å². The molecule has 7 heteroatoms. The van der Waals surface area contributed by atoms with E-state index in [0.717, 1.165) is 11.1 Å². The molecule has 0 atom stereocenters. The monoisotopic (exact) mass is 419 g/mol. The van der Waals surface area contributed by atoms with Crippen molar-refractivity contribution >= 4 is 18.0 Å². The molecule has 3 rings (SSSR count). The van der Waals surface area contributed by atoms with Gasteiger partial charge in [0, 0.05) is 12.1 Å². The van der Waals surface area contributed by atoms with E-state index in [2.05, 4.69) is 15.8 Å². The quantitative estimate of drug-likeness (QED) is 0.334. The lowest BCUT2D eigenvalue weighted by Crippen LogP contribution is -2.38. The zero-order valence-corrected chi connectivity index (χ0v) is 16.8. The van der Waals surface area contributed by atoms with Crippen molar-refractivity contribution in [2.75, 3.05) is 6.54 Å². The van der Waals surface area contributed by atoms with Crippen molar-refractivity contribution in [2.45, 2.75) is 13.0 Å². The molecule has 3 aromatic carbocycles. The third kappa shape index (κ3) is 7.08. The van der Waals surface area contributed by atoms with Gasteiger partial charge in [-0.15, -0.1) is 0 Å². The van der Waals surface area contributed by atoms with Gasteiger partial charge >= 0.3 is 11.8 Å². The number of ether oxygens (including phenoxy) is 1. The molecule has 0 saturated carbocycles. The smallest absolute Gasteiger partial charge is 0.329 e. The van der Waals surface area contributed by atoms with Crippen molar-refractivity contribution in [3.63, 3.8) is 0 Å². The Labute approximate surface area is 179 Å². The van der Waals surface area contributed by atoms with Gasteiger partial charge in [-0.2, -0.15) is 5.10 Å². The molecule has 0 aliphatic carbocycles. The SMILES string of the molecule is O=C(NCCc1ccccc1)C(=O)N/N=C\c1ccccc1OCc1ccc(F)cc1. The average Bonchev–Trinajstić information content (AvgIpc) is 2.80. The molecule has 0 unspecified atom stereocenters. The van der Waals surface area contributed by atoms with E-state index in [1.807, 2.05) is 30.3 Å². The molecule has 0 radical (unpaired) electrons. The normalized spacial score (nSPS) is 10.6. The largest absolute Gasteiger partial charge is 0.488 e. The molecular weight excluding hydrogens is 397 g/mol. The van der Waals surface area contributed by atoms with Crippen molar-refractivity contribution in [1.82, 2.24) is 10.7 Å². The molecule has 2 N–H and O–H groups in total. The highest BCUT2D eigenvalue weighted by atomic mass is 19.1. The first-order valence-corrected chi connectivity index (χ1v) is 9.73. The van der Waals surface area contributed by atoms with Gasteiger partial charge in [0.25, 0.3) is 0 Å². The van der Waals surface area contributed by atoms with Crippen LogP contribution in [-0.4, -0.2) is 24.6 Å². The number of carbonyl (C=O) groups excluding carboxylic acids is 2. The van der Waals surface area contributed by atoms with Crippen molar-refractivity contribution in [3.8, 4) is 5.75 Å². The van der Waals surface area contributed by atoms with E-state index < -0.39 is 11.8 Å². The second-order valence-electron chi connectivity index (χ2n) is 6.64. The number of hydrazone groups is 1. The minimum absolute atomic E-state index is 0.251. The number of carbonyl (C=O) groups is 2. The summed E-state index contributed by atoms with van der Waals surface area (Å²) in [5, 5.41) is 6.40. The number of halogens is 1. The number of nitrogens with one attached hydrogen (secondary N) is 2. The Morgan fingerprint density at radius 3 is 2.35 bits per heavy atom. The molecule has 31 heavy (non-hydrogen) atoms. The Balaban J connectivity index is 1.47. The summed E-state index contributed by atoms with van der Waals surface area (Å²) in [6.45, 7) is 0.599. The number of amides is 2. The van der Waals surface area contributed by atoms with Gasteiger partial charge in [-0.3, -0.25) is 9.59 Å². The fraction of sp³-hybridized carbons (Fsp3) is 0.125. The maximum Gasteiger partial charge on any atom is 0.329 e. The average molecular weight is 419 g/mol. The lowest BCUT2D eigenvalue weighted by molar-refractivity contribution is -0.139. The minimum atomic E-state index is -0.853. The van der Waals surface area contributed by atoms with Crippen molar-refractivity contribution < 1.29 is 18.7 Å². The van der Waals surface area contributed by atoms with Crippen LogP contribution >= 0.6 is 0 Å². The third-order valence-electron chi connectivity index (χ3n) is 4.34. The third-order valence-corrected chi connectivity index (χ3v) is 4.34. The summed E-state index contributed by atoms with van der Waals surface area (Å²) in [7, 11) is 0. The van der Waals surface area contributed by atoms with Crippen molar-refractivity contribution in [2.24, 2.45) is 5.10 Å². The number of para-hydroxylation sites is 1. The molecule has 0 aliphatic rings. The molecule has 2 amide bonds. The zero-order chi connectivity index (χ0) is 21.9. The highest BCUT2D eigenvalue weighted by Crippen LogP contribution is 2.17. The van der Waals surface area contributed by atoms with Gasteiger partial charge in [-0.1, -0.05) is 54.6 Å². The van der Waals surface area contributed by atoms with E-state index in [1.54, 1.807) is 36.4 Å². The Bertz CT molecular complexity index is 1040. The van der Waals surface area contributed by atoms with E-state index in [0.29, 0.717) is 24.3 Å². The molecule has 0 bridgehead atoms. The van der Waals surface area contributed by atoms with Gasteiger partial charge in [-0.25, -0.2) is 9.82 Å². The summed E-state index contributed by atoms with van der Waals surface area (Å²) in [4.78, 5) is 23.8. The predicted octanol–water partition coefficient (Wildman–Crippen LogP) is 3.21. The summed E-state index contributed by atoms with van der Waals surface area (Å²) in [5.41, 5.74) is 4.71. The highest BCUT2D eigenvalue weighted by molar-refractivity contribution is 6.35. The molecule has 0 fully saturated rings. The Hall–Kier alpha value is -4.00. The van der Waals surface area contributed by atoms with Crippen LogP contribution in [0.5, 0.6) is 5.75 Å². The van der Waals surface area contributed by atoms with Crippen LogP contribution in [0.1, 0.15) is 16.7 Å². The van der Waals surface area contributed by atoms with E-state index in [1.165, 1.54) is 18.3 Å². The molecule has 158 valence electrons. The minimum Gasteiger partial charge on any atom is -0.488 e. The Morgan fingerprint density at radius 2 is 1.58 bits per heavy atom. The van der Waals surface area contributed by atoms with Crippen molar-refractivity contribution in [3.05, 3.63) is 101 Å². The fourth-order valence-corrected chi connectivity index (χ4v) is 2.72. The van der Waals surface area contributed by atoms with Gasteiger partial charge in [0.1, 0.15) is 18.2 Å². The molecule has 3 aromatic rings. The Kier molecular flexibility index (Phi) is 7.88. The number of rotatable bonds is 8. The van der Waals surface area contributed by atoms with Gasteiger partial charge in [0.2, 0.25) is 0 Å². The first-order valence-electron chi connectivity index (χ1n) is 9.73. The fourth-order valence-electron chi connectivity index (χ4n) is 2.72. The van der Waals surface area contributed by atoms with E-state index in [-0.39, 0.29) is 12.4 Å². The summed E-state index contributed by atoms with van der Waals surface area (Å²) in [5.74, 6) is -1.38. The summed E-state index contributed by atoms with van der Waals surface area (Å²) in [6, 6.07) is 22.8. The number of hydrogen-bond acceptors (Lipinski definition) is 4. The first kappa shape index (κ1) is 21.7. The molecule has 0 aliphatic heterocycles. The maximum absolute atomic E-state index is 13.0. The number of nitrogens with zero attached hydrogens (tertiary/aromatic N) is 1. The summed E-state index contributed by atoms with van der Waals surface area (Å²) >= 11 is 0. The van der Waals surface area contributed by atoms with Gasteiger partial charge in [0.15, 0.2) is 0 Å². The standard InChI is InChI=1S/C24H22FN3O3/c25-21-12-10-19(11-13-21)17-31-22-9-5-4-8-20(22)16-27-28-24(30)23(29)26-15-14-18-6-2-1-3-7-18/h1-13,16H,14-15,17H2,(H,26,29)(H,28,30)/b27-16-. The maximum atomic E-state index is 13.0. The van der Waals surface area contributed by atoms with Crippen LogP contribution in [0.2, 0.25) is 0 Å². The van der Waals surface area contributed by atoms with E-state index in [4.69, 9.17) is 4.74 Å². The predicted molar refractivity (Wildman–Crippen MR) is 116 cm³/mol. The molecule has 0 heterocycles. The topological polar surface area (TPSA) is 79.8 Å². The molecule has 6 nitrogen and oxygen atoms in total. The van der Waals surface area contributed by atoms with Crippen LogP contribution in [0.15, 0.2) is 84.0 Å². The van der Waals surface area contributed by atoms with Gasteiger partial charge in [0.05, 0.1) is 6.21 Å². The second-order valence-corrected chi connectivity index (χ2v) is 6.64. The number of benzene rings is 3. The summed E-state index contributed by atoms with van der Waals surface area (Å²) < 4.78 is 18.8. The molecule has 0 aromatic heterocycles. The van der Waals surface area contributed by atoms with Crippen LogP contribution in [0.25, 0.3) is 0 Å².